The molecule has 0 radical (unpaired) electrons. The second-order valence-electron chi connectivity index (χ2n) is 7.16. The van der Waals surface area contributed by atoms with Crippen molar-refractivity contribution in [1.29, 1.82) is 0 Å². The highest BCUT2D eigenvalue weighted by Gasteiger charge is 2.49. The molecule has 1 saturated heterocycles. The van der Waals surface area contributed by atoms with E-state index in [4.69, 9.17) is 24.8 Å². The fourth-order valence-corrected chi connectivity index (χ4v) is 6.61. The van der Waals surface area contributed by atoms with Crippen LogP contribution in [-0.4, -0.2) is 40.8 Å². The van der Waals surface area contributed by atoms with Gasteiger partial charge in [-0.05, 0) is 32.3 Å². The van der Waals surface area contributed by atoms with Crippen molar-refractivity contribution in [2.75, 3.05) is 5.73 Å². The normalized spacial score (nSPS) is 26.4. The van der Waals surface area contributed by atoms with Crippen LogP contribution in [0.25, 0.3) is 0 Å². The van der Waals surface area contributed by atoms with Crippen LogP contribution in [-0.2, 0) is 31.6 Å². The van der Waals surface area contributed by atoms with E-state index in [1.54, 1.807) is 0 Å². The third-order valence-corrected chi connectivity index (χ3v) is 8.66. The van der Waals surface area contributed by atoms with Crippen LogP contribution in [0.3, 0.4) is 0 Å². The van der Waals surface area contributed by atoms with Gasteiger partial charge in [-0.1, -0.05) is 19.8 Å². The van der Waals surface area contributed by atoms with Gasteiger partial charge in [0.15, 0.2) is 0 Å². The van der Waals surface area contributed by atoms with E-state index in [0.717, 1.165) is 6.42 Å². The molecule has 15 nitrogen and oxygen atoms in total. The van der Waals surface area contributed by atoms with Crippen LogP contribution < -0.4 is 11.4 Å². The molecule has 32 heavy (non-hydrogen) atoms. The number of phosphoric ester groups is 1. The molecule has 1 aliphatic rings. The van der Waals surface area contributed by atoms with Crippen molar-refractivity contribution in [2.24, 2.45) is 0 Å². The summed E-state index contributed by atoms with van der Waals surface area (Å²) in [5.41, 5.74) is 3.65. The van der Waals surface area contributed by atoms with E-state index in [1.165, 1.54) is 23.8 Å². The smallest absolute Gasteiger partial charge is 0.383 e. The van der Waals surface area contributed by atoms with E-state index in [2.05, 4.69) is 13.6 Å². The van der Waals surface area contributed by atoms with Gasteiger partial charge in [-0.2, -0.15) is 13.6 Å². The highest BCUT2D eigenvalue weighted by atomic mass is 31.3. The van der Waals surface area contributed by atoms with Crippen molar-refractivity contribution in [3.05, 3.63) is 22.7 Å². The van der Waals surface area contributed by atoms with Gasteiger partial charge in [0.05, 0.1) is 11.7 Å². The minimum absolute atomic E-state index is 0.0301. The number of hydrogen-bond donors (Lipinski definition) is 5. The highest BCUT2D eigenvalue weighted by molar-refractivity contribution is 7.66. The largest absolute Gasteiger partial charge is 0.490 e. The summed E-state index contributed by atoms with van der Waals surface area (Å²) in [5, 5.41) is 0. The average Bonchev–Trinajstić information content (AvgIpc) is 3.01. The van der Waals surface area contributed by atoms with Crippen molar-refractivity contribution < 1.29 is 51.2 Å². The van der Waals surface area contributed by atoms with Gasteiger partial charge in [0, 0.05) is 6.20 Å². The summed E-state index contributed by atoms with van der Waals surface area (Å²) < 4.78 is 54.4. The van der Waals surface area contributed by atoms with E-state index in [1.807, 2.05) is 6.92 Å². The molecule has 6 N–H and O–H groups in total. The minimum Gasteiger partial charge on any atom is -0.383 e. The Morgan fingerprint density at radius 1 is 1.28 bits per heavy atom. The number of phosphoric acid groups is 3. The van der Waals surface area contributed by atoms with Crippen molar-refractivity contribution in [1.82, 2.24) is 9.55 Å². The predicted molar refractivity (Wildman–Crippen MR) is 109 cm³/mol. The van der Waals surface area contributed by atoms with Crippen LogP contribution in [0, 0.1) is 0 Å². The number of aromatic nitrogens is 2. The van der Waals surface area contributed by atoms with E-state index in [-0.39, 0.29) is 12.2 Å². The van der Waals surface area contributed by atoms with Crippen LogP contribution in [0.5, 0.6) is 0 Å². The van der Waals surface area contributed by atoms with Crippen molar-refractivity contribution in [3.63, 3.8) is 0 Å². The molecule has 0 amide bonds. The molecule has 1 fully saturated rings. The summed E-state index contributed by atoms with van der Waals surface area (Å²) in [6, 6.07) is 1.41. The van der Waals surface area contributed by atoms with E-state index in [0.29, 0.717) is 19.3 Å². The first-order chi connectivity index (χ1) is 14.6. The molecule has 2 heterocycles. The number of ether oxygens (including phenoxy) is 1. The molecule has 2 rings (SSSR count). The van der Waals surface area contributed by atoms with Gasteiger partial charge in [0.25, 0.3) is 0 Å². The molecule has 1 aromatic rings. The summed E-state index contributed by atoms with van der Waals surface area (Å²) in [6.45, 7) is 3.27. The first-order valence-electron chi connectivity index (χ1n) is 9.43. The Morgan fingerprint density at radius 2 is 1.94 bits per heavy atom. The molecule has 0 bridgehead atoms. The topological polar surface area (TPSA) is 230 Å². The lowest BCUT2D eigenvalue weighted by Crippen LogP contribution is -2.42. The van der Waals surface area contributed by atoms with Crippen molar-refractivity contribution in [2.45, 2.75) is 63.9 Å². The molecular weight excluding hydrogens is 495 g/mol. The zero-order valence-electron chi connectivity index (χ0n) is 17.2. The van der Waals surface area contributed by atoms with Gasteiger partial charge in [-0.25, -0.2) is 18.5 Å². The summed E-state index contributed by atoms with van der Waals surface area (Å²) >= 11 is 0. The minimum atomic E-state index is -5.65. The quantitative estimate of drug-likeness (QED) is 0.262. The number of unbranched alkanes of at least 4 members (excludes halogenated alkanes) is 1. The Hall–Kier alpha value is -0.950. The Morgan fingerprint density at radius 3 is 2.50 bits per heavy atom. The molecule has 0 spiro atoms. The summed E-state index contributed by atoms with van der Waals surface area (Å²) in [4.78, 5) is 52.2. The maximum absolute atomic E-state index is 12.3. The lowest BCUT2D eigenvalue weighted by molar-refractivity contribution is -0.132. The van der Waals surface area contributed by atoms with Gasteiger partial charge in [0.1, 0.15) is 12.0 Å². The van der Waals surface area contributed by atoms with E-state index < -0.39 is 47.1 Å². The molecule has 1 aliphatic heterocycles. The first-order valence-corrected chi connectivity index (χ1v) is 13.9. The first kappa shape index (κ1) is 27.3. The zero-order chi connectivity index (χ0) is 24.4. The van der Waals surface area contributed by atoms with Crippen molar-refractivity contribution >= 4 is 29.3 Å². The van der Waals surface area contributed by atoms with Crippen LogP contribution >= 0.6 is 23.5 Å². The van der Waals surface area contributed by atoms with Gasteiger partial charge in [-0.3, -0.25) is 9.09 Å². The van der Waals surface area contributed by atoms with Gasteiger partial charge < -0.3 is 30.0 Å². The SMILES string of the molecule is CCCC[C@@]1([C@H](C)OP(=O)(O)OP(=O)(O)OP(=O)(O)O)CCC(n2ccc(N)nc2=O)O1. The molecule has 1 aromatic heterocycles. The Kier molecular flexibility index (Phi) is 8.64. The zero-order valence-corrected chi connectivity index (χ0v) is 19.9. The molecule has 0 aliphatic carbocycles. The van der Waals surface area contributed by atoms with Crippen LogP contribution in [0.2, 0.25) is 0 Å². The summed E-state index contributed by atoms with van der Waals surface area (Å²) in [5.74, 6) is 0.0301. The summed E-state index contributed by atoms with van der Waals surface area (Å²) in [7, 11) is -16.5. The average molecular weight is 521 g/mol. The lowest BCUT2D eigenvalue weighted by atomic mass is 9.88. The molecule has 0 aromatic carbocycles. The predicted octanol–water partition coefficient (Wildman–Crippen LogP) is 1.80. The third kappa shape index (κ3) is 7.54. The number of rotatable bonds is 11. The fraction of sp³-hybridized carbons (Fsp3) is 0.714. The van der Waals surface area contributed by atoms with Crippen LogP contribution in [0.15, 0.2) is 17.1 Å². The fourth-order valence-electron chi connectivity index (χ4n) is 3.35. The van der Waals surface area contributed by atoms with Gasteiger partial charge >= 0.3 is 29.2 Å². The van der Waals surface area contributed by atoms with Crippen LogP contribution in [0.4, 0.5) is 5.82 Å². The number of nitrogens with zero attached hydrogens (tertiary/aromatic N) is 2. The molecule has 184 valence electrons. The molecule has 5 atom stereocenters. The Balaban J connectivity index is 2.21. The summed E-state index contributed by atoms with van der Waals surface area (Å²) in [6.07, 6.45) is 1.71. The van der Waals surface area contributed by atoms with E-state index >= 15 is 0 Å². The molecular formula is C14H26N3O12P3. The van der Waals surface area contributed by atoms with Crippen LogP contribution in [0.1, 0.15) is 52.2 Å². The molecule has 0 saturated carbocycles. The maximum atomic E-state index is 12.3. The maximum Gasteiger partial charge on any atom is 0.490 e. The standard InChI is InChI=1S/C14H26N3O12P3/c1-3-4-7-14(8-5-12(26-14)17-9-6-11(15)16-13(17)18)10(2)27-31(22,23)29-32(24,25)28-30(19,20)21/h6,9-10,12H,3-5,7-8H2,1-2H3,(H,22,23)(H,24,25)(H2,15,16,18)(H2,19,20,21)/t10-,12?,14-/m0/s1. The second-order valence-corrected chi connectivity index (χ2v) is 11.5. The number of nitrogen functional groups attached to an aromatic ring is 1. The number of hydrogen-bond acceptors (Lipinski definition) is 10. The third-order valence-electron chi connectivity index (χ3n) is 4.75. The van der Waals surface area contributed by atoms with Crippen molar-refractivity contribution in [3.8, 4) is 0 Å². The van der Waals surface area contributed by atoms with E-state index in [9.17, 15) is 28.3 Å². The Labute approximate surface area is 183 Å². The Bertz CT molecular complexity index is 1010. The second kappa shape index (κ2) is 10.1. The van der Waals surface area contributed by atoms with Gasteiger partial charge in [-0.15, -0.1) is 0 Å². The molecule has 3 unspecified atom stereocenters. The highest BCUT2D eigenvalue weighted by Crippen LogP contribution is 2.67. The molecule has 18 heteroatoms. The van der Waals surface area contributed by atoms with Gasteiger partial charge in [0.2, 0.25) is 0 Å². The number of nitrogens with two attached hydrogens (primary N) is 1. The number of anilines is 1. The lowest BCUT2D eigenvalue weighted by Gasteiger charge is -2.36. The monoisotopic (exact) mass is 521 g/mol.